The average Bonchev–Trinajstić information content (AvgIpc) is 3.26. The van der Waals surface area contributed by atoms with Gasteiger partial charge in [0.15, 0.2) is 5.69 Å². The van der Waals surface area contributed by atoms with E-state index in [0.717, 1.165) is 16.3 Å². The Morgan fingerprint density at radius 1 is 1.42 bits per heavy atom. The number of aromatic nitrogens is 5. The quantitative estimate of drug-likeness (QED) is 0.654. The summed E-state index contributed by atoms with van der Waals surface area (Å²) in [7, 11) is 0. The third-order valence-electron chi connectivity index (χ3n) is 3.26. The van der Waals surface area contributed by atoms with Crippen molar-refractivity contribution < 1.29 is 4.79 Å². The molecular weight excluding hydrogens is 326 g/mol. The fourth-order valence-electron chi connectivity index (χ4n) is 2.08. The summed E-state index contributed by atoms with van der Waals surface area (Å²) in [6, 6.07) is 3.86. The Bertz CT molecular complexity index is 799. The zero-order valence-electron chi connectivity index (χ0n) is 12.9. The number of nitrogens with one attached hydrogen (secondary N) is 1. The van der Waals surface area contributed by atoms with Crippen LogP contribution in [0, 0.1) is 0 Å². The molecule has 0 saturated carbocycles. The van der Waals surface area contributed by atoms with E-state index in [-0.39, 0.29) is 11.6 Å². The van der Waals surface area contributed by atoms with Crippen LogP contribution in [-0.2, 0) is 13.0 Å². The molecule has 3 rings (SSSR count). The van der Waals surface area contributed by atoms with E-state index in [4.69, 9.17) is 5.73 Å². The third-order valence-corrected chi connectivity index (χ3v) is 4.20. The Morgan fingerprint density at radius 3 is 3.12 bits per heavy atom. The van der Waals surface area contributed by atoms with E-state index in [1.165, 1.54) is 0 Å². The first-order valence-corrected chi connectivity index (χ1v) is 8.37. The number of amides is 1. The monoisotopic (exact) mass is 343 g/mol. The number of hydrogen-bond acceptors (Lipinski definition) is 7. The van der Waals surface area contributed by atoms with Gasteiger partial charge in [-0.3, -0.25) is 14.5 Å². The van der Waals surface area contributed by atoms with E-state index in [0.29, 0.717) is 26.1 Å². The molecule has 0 aliphatic rings. The van der Waals surface area contributed by atoms with Crippen LogP contribution in [-0.4, -0.2) is 44.0 Å². The number of carbonyl (C=O) groups excluding carboxylic acids is 1. The van der Waals surface area contributed by atoms with Crippen LogP contribution in [0.4, 0.5) is 0 Å². The molecule has 8 nitrogen and oxygen atoms in total. The minimum Gasteiger partial charge on any atom is -0.350 e. The first-order chi connectivity index (χ1) is 11.8. The number of thiazole rings is 1. The maximum absolute atomic E-state index is 12.0. The maximum atomic E-state index is 12.0. The fourth-order valence-corrected chi connectivity index (χ4v) is 2.93. The molecule has 3 aromatic rings. The zero-order valence-corrected chi connectivity index (χ0v) is 13.7. The van der Waals surface area contributed by atoms with Gasteiger partial charge in [0.2, 0.25) is 0 Å². The van der Waals surface area contributed by atoms with Gasteiger partial charge in [-0.1, -0.05) is 5.21 Å². The molecule has 3 heterocycles. The molecule has 3 N–H and O–H groups in total. The van der Waals surface area contributed by atoms with Gasteiger partial charge in [-0.05, 0) is 12.1 Å². The van der Waals surface area contributed by atoms with Crippen molar-refractivity contribution in [3.63, 3.8) is 0 Å². The van der Waals surface area contributed by atoms with Crippen LogP contribution in [0.5, 0.6) is 0 Å². The summed E-state index contributed by atoms with van der Waals surface area (Å²) in [6.45, 7) is 1.47. The highest BCUT2D eigenvalue weighted by molar-refractivity contribution is 7.13. The second-order valence-corrected chi connectivity index (χ2v) is 5.91. The van der Waals surface area contributed by atoms with Gasteiger partial charge >= 0.3 is 0 Å². The lowest BCUT2D eigenvalue weighted by Gasteiger charge is -2.00. The van der Waals surface area contributed by atoms with Crippen LogP contribution in [0.1, 0.15) is 16.2 Å². The van der Waals surface area contributed by atoms with E-state index < -0.39 is 0 Å². The Kier molecular flexibility index (Phi) is 5.24. The fraction of sp³-hybridized carbons (Fsp3) is 0.267. The standard InChI is InChI=1S/C15H17N7OS/c16-4-7-22-9-13(20-21-22)14(23)18-6-3-12-10-24-15(19-12)11-2-1-5-17-8-11/h1-2,5,8-10H,3-4,6-7,16H2,(H,18,23). The van der Waals surface area contributed by atoms with Crippen LogP contribution in [0.15, 0.2) is 36.1 Å². The van der Waals surface area contributed by atoms with Crippen molar-refractivity contribution in [3.05, 3.63) is 47.5 Å². The van der Waals surface area contributed by atoms with Gasteiger partial charge in [-0.2, -0.15) is 0 Å². The normalized spacial score (nSPS) is 10.7. The highest BCUT2D eigenvalue weighted by Crippen LogP contribution is 2.22. The molecule has 0 unspecified atom stereocenters. The molecule has 0 aliphatic heterocycles. The van der Waals surface area contributed by atoms with Crippen LogP contribution >= 0.6 is 11.3 Å². The number of hydrogen-bond donors (Lipinski definition) is 2. The number of nitrogens with two attached hydrogens (primary N) is 1. The molecule has 0 aromatic carbocycles. The molecule has 0 saturated heterocycles. The van der Waals surface area contributed by atoms with Crippen molar-refractivity contribution in [2.24, 2.45) is 5.73 Å². The first kappa shape index (κ1) is 16.2. The highest BCUT2D eigenvalue weighted by atomic mass is 32.1. The molecular formula is C15H17N7OS. The van der Waals surface area contributed by atoms with E-state index in [1.54, 1.807) is 34.6 Å². The molecule has 9 heteroatoms. The van der Waals surface area contributed by atoms with Gasteiger partial charge in [-0.25, -0.2) is 4.98 Å². The summed E-state index contributed by atoms with van der Waals surface area (Å²) in [4.78, 5) is 20.6. The molecule has 0 aliphatic carbocycles. The largest absolute Gasteiger partial charge is 0.350 e. The second kappa shape index (κ2) is 7.75. The van der Waals surface area contributed by atoms with Crippen molar-refractivity contribution in [1.82, 2.24) is 30.3 Å². The molecule has 0 radical (unpaired) electrons. The SMILES string of the molecule is NCCn1cc(C(=O)NCCc2csc(-c3cccnc3)n2)nn1. The van der Waals surface area contributed by atoms with Gasteiger partial charge in [0.25, 0.3) is 5.91 Å². The van der Waals surface area contributed by atoms with E-state index in [1.807, 2.05) is 17.5 Å². The number of nitrogens with zero attached hydrogens (tertiary/aromatic N) is 5. The Hall–Kier alpha value is -2.65. The molecule has 124 valence electrons. The Morgan fingerprint density at radius 2 is 2.33 bits per heavy atom. The smallest absolute Gasteiger partial charge is 0.273 e. The van der Waals surface area contributed by atoms with Gasteiger partial charge in [0.1, 0.15) is 5.01 Å². The van der Waals surface area contributed by atoms with Gasteiger partial charge < -0.3 is 11.1 Å². The Balaban J connectivity index is 1.51. The molecule has 1 amide bonds. The molecule has 0 atom stereocenters. The topological polar surface area (TPSA) is 112 Å². The second-order valence-electron chi connectivity index (χ2n) is 5.05. The summed E-state index contributed by atoms with van der Waals surface area (Å²) in [5.74, 6) is -0.249. The van der Waals surface area contributed by atoms with Crippen LogP contribution in [0.3, 0.4) is 0 Å². The van der Waals surface area contributed by atoms with E-state index >= 15 is 0 Å². The highest BCUT2D eigenvalue weighted by Gasteiger charge is 2.10. The minimum atomic E-state index is -0.249. The van der Waals surface area contributed by atoms with Crippen molar-refractivity contribution in [2.45, 2.75) is 13.0 Å². The molecule has 0 spiro atoms. The van der Waals surface area contributed by atoms with Crippen LogP contribution < -0.4 is 11.1 Å². The average molecular weight is 343 g/mol. The lowest BCUT2D eigenvalue weighted by molar-refractivity contribution is 0.0949. The van der Waals surface area contributed by atoms with E-state index in [9.17, 15) is 4.79 Å². The summed E-state index contributed by atoms with van der Waals surface area (Å²) in [5.41, 5.74) is 7.66. The minimum absolute atomic E-state index is 0.249. The maximum Gasteiger partial charge on any atom is 0.273 e. The van der Waals surface area contributed by atoms with E-state index in [2.05, 4.69) is 25.6 Å². The zero-order chi connectivity index (χ0) is 16.8. The summed E-state index contributed by atoms with van der Waals surface area (Å²) < 4.78 is 1.55. The molecule has 24 heavy (non-hydrogen) atoms. The van der Waals surface area contributed by atoms with Crippen molar-refractivity contribution in [1.29, 1.82) is 0 Å². The van der Waals surface area contributed by atoms with Gasteiger partial charge in [-0.15, -0.1) is 16.4 Å². The van der Waals surface area contributed by atoms with Gasteiger partial charge in [0.05, 0.1) is 18.4 Å². The van der Waals surface area contributed by atoms with Crippen LogP contribution in [0.25, 0.3) is 10.6 Å². The summed E-state index contributed by atoms with van der Waals surface area (Å²) in [6.07, 6.45) is 5.76. The van der Waals surface area contributed by atoms with Crippen molar-refractivity contribution in [2.75, 3.05) is 13.1 Å². The predicted octanol–water partition coefficient (Wildman–Crippen LogP) is 0.728. The lowest BCUT2D eigenvalue weighted by Crippen LogP contribution is -2.26. The first-order valence-electron chi connectivity index (χ1n) is 7.49. The molecule has 0 fully saturated rings. The summed E-state index contributed by atoms with van der Waals surface area (Å²) in [5, 5.41) is 13.4. The number of carbonyl (C=O) groups is 1. The predicted molar refractivity (Wildman–Crippen MR) is 90.5 cm³/mol. The van der Waals surface area contributed by atoms with Crippen molar-refractivity contribution in [3.8, 4) is 10.6 Å². The van der Waals surface area contributed by atoms with Crippen LogP contribution in [0.2, 0.25) is 0 Å². The number of pyridine rings is 1. The number of rotatable bonds is 7. The summed E-state index contributed by atoms with van der Waals surface area (Å²) >= 11 is 1.57. The lowest BCUT2D eigenvalue weighted by atomic mass is 10.3. The Labute approximate surface area is 142 Å². The van der Waals surface area contributed by atoms with Crippen molar-refractivity contribution >= 4 is 17.2 Å². The van der Waals surface area contributed by atoms with Gasteiger partial charge in [0, 0.05) is 42.8 Å². The molecule has 3 aromatic heterocycles. The third kappa shape index (κ3) is 4.00. The molecule has 0 bridgehead atoms.